The van der Waals surface area contributed by atoms with Gasteiger partial charge in [-0.3, -0.25) is 0 Å². The second-order valence-electron chi connectivity index (χ2n) is 8.40. The molecule has 0 amide bonds. The second-order valence-corrected chi connectivity index (χ2v) is 8.40. The summed E-state index contributed by atoms with van der Waals surface area (Å²) in [4.78, 5) is 8.98. The molecule has 3 aromatic rings. The lowest BCUT2D eigenvalue weighted by Crippen LogP contribution is -2.36. The van der Waals surface area contributed by atoms with Crippen molar-refractivity contribution in [1.29, 1.82) is 0 Å². The summed E-state index contributed by atoms with van der Waals surface area (Å²) in [6.45, 7) is 3.25. The van der Waals surface area contributed by atoms with Gasteiger partial charge in [0.15, 0.2) is 5.82 Å². The van der Waals surface area contributed by atoms with Crippen molar-refractivity contribution >= 4 is 23.3 Å². The number of hydrogen-bond acceptors (Lipinski definition) is 6. The molecule has 0 radical (unpaired) electrons. The molecule has 166 valence electrons. The van der Waals surface area contributed by atoms with Crippen LogP contribution in [0.15, 0.2) is 24.4 Å². The van der Waals surface area contributed by atoms with Crippen molar-refractivity contribution in [3.8, 4) is 11.8 Å². The fourth-order valence-corrected chi connectivity index (χ4v) is 4.63. The third-order valence-corrected chi connectivity index (χ3v) is 6.41. The highest BCUT2D eigenvalue weighted by molar-refractivity contribution is 5.85. The highest BCUT2D eigenvalue weighted by Gasteiger charge is 2.31. The van der Waals surface area contributed by atoms with Gasteiger partial charge in [0.05, 0.1) is 30.6 Å². The Balaban J connectivity index is 0.00000231. The van der Waals surface area contributed by atoms with Gasteiger partial charge in [0.25, 0.3) is 0 Å². The van der Waals surface area contributed by atoms with Crippen molar-refractivity contribution in [2.24, 2.45) is 0 Å². The number of methoxy groups -OCH3 is 1. The number of hydrogen-bond donors (Lipinski definition) is 2. The second kappa shape index (κ2) is 8.68. The van der Waals surface area contributed by atoms with Crippen LogP contribution >= 0.6 is 12.4 Å². The molecule has 9 heteroatoms. The van der Waals surface area contributed by atoms with Gasteiger partial charge in [0, 0.05) is 29.8 Å². The third-order valence-electron chi connectivity index (χ3n) is 6.41. The number of rotatable bonds is 4. The molecule has 31 heavy (non-hydrogen) atoms. The standard InChI is InChI=1S/C22H26FN5O2.ClH/c1-12-5-14-10-25-28(20(14)8-17(12)16-3-4-24-11-18(16)23)21-9-19(13-6-15(29)7-13)26-22(27-21)30-2;/h5,8-10,13,15-16,18,24,29H,3-4,6-7,11H2,1-2H3;1H. The molecular weight excluding hydrogens is 421 g/mol. The van der Waals surface area contributed by atoms with Gasteiger partial charge >= 0.3 is 6.01 Å². The van der Waals surface area contributed by atoms with Crippen molar-refractivity contribution in [3.63, 3.8) is 0 Å². The Bertz CT molecular complexity index is 1090. The zero-order valence-corrected chi connectivity index (χ0v) is 18.4. The van der Waals surface area contributed by atoms with Crippen molar-refractivity contribution in [1.82, 2.24) is 25.1 Å². The molecule has 1 saturated heterocycles. The molecule has 2 atom stereocenters. The van der Waals surface area contributed by atoms with Crippen LogP contribution in [0.2, 0.25) is 0 Å². The van der Waals surface area contributed by atoms with Crippen LogP contribution in [0.4, 0.5) is 4.39 Å². The van der Waals surface area contributed by atoms with Crippen molar-refractivity contribution in [3.05, 3.63) is 41.2 Å². The van der Waals surface area contributed by atoms with E-state index in [0.717, 1.165) is 40.7 Å². The van der Waals surface area contributed by atoms with E-state index in [1.54, 1.807) is 11.8 Å². The Morgan fingerprint density at radius 3 is 2.74 bits per heavy atom. The minimum Gasteiger partial charge on any atom is -0.467 e. The zero-order chi connectivity index (χ0) is 20.8. The number of aliphatic hydroxyl groups excluding tert-OH is 1. The number of halogens is 2. The predicted molar refractivity (Wildman–Crippen MR) is 118 cm³/mol. The number of aryl methyl sites for hydroxylation is 1. The molecule has 1 aliphatic heterocycles. The number of nitrogens with one attached hydrogen (secondary N) is 1. The Kier molecular flexibility index (Phi) is 6.14. The van der Waals surface area contributed by atoms with E-state index >= 15 is 0 Å². The highest BCUT2D eigenvalue weighted by Crippen LogP contribution is 2.37. The summed E-state index contributed by atoms with van der Waals surface area (Å²) in [6.07, 6.45) is 2.79. The van der Waals surface area contributed by atoms with Gasteiger partial charge in [0.1, 0.15) is 6.17 Å². The fraction of sp³-hybridized carbons (Fsp3) is 0.500. The Morgan fingerprint density at radius 1 is 1.23 bits per heavy atom. The summed E-state index contributed by atoms with van der Waals surface area (Å²) in [7, 11) is 1.54. The van der Waals surface area contributed by atoms with Crippen molar-refractivity contribution in [2.75, 3.05) is 20.2 Å². The summed E-state index contributed by atoms with van der Waals surface area (Å²) in [6, 6.07) is 6.32. The molecule has 0 bridgehead atoms. The van der Waals surface area contributed by atoms with Crippen LogP contribution in [0.25, 0.3) is 16.7 Å². The van der Waals surface area contributed by atoms with Crippen LogP contribution < -0.4 is 10.1 Å². The first-order chi connectivity index (χ1) is 14.5. The maximum Gasteiger partial charge on any atom is 0.318 e. The van der Waals surface area contributed by atoms with Crippen LogP contribution in [-0.4, -0.2) is 57.3 Å². The minimum absolute atomic E-state index is 0. The Hall–Kier alpha value is -2.29. The maximum absolute atomic E-state index is 14.6. The molecule has 1 aliphatic carbocycles. The van der Waals surface area contributed by atoms with Crippen molar-refractivity contribution in [2.45, 2.75) is 50.3 Å². The van der Waals surface area contributed by atoms with Gasteiger partial charge in [-0.25, -0.2) is 9.07 Å². The average molecular weight is 448 g/mol. The number of fused-ring (bicyclic) bond motifs is 1. The first-order valence-electron chi connectivity index (χ1n) is 10.5. The topological polar surface area (TPSA) is 85.1 Å². The summed E-state index contributed by atoms with van der Waals surface area (Å²) in [5.74, 6) is 0.688. The third kappa shape index (κ3) is 4.00. The maximum atomic E-state index is 14.6. The van der Waals surface area contributed by atoms with Crippen LogP contribution in [0, 0.1) is 6.92 Å². The molecule has 3 heterocycles. The first-order valence-corrected chi connectivity index (χ1v) is 10.5. The molecule has 1 saturated carbocycles. The molecule has 0 spiro atoms. The van der Waals surface area contributed by atoms with Gasteiger partial charge in [-0.05, 0) is 56.0 Å². The first kappa shape index (κ1) is 21.9. The monoisotopic (exact) mass is 447 g/mol. The van der Waals surface area contributed by atoms with Crippen LogP contribution in [0.3, 0.4) is 0 Å². The van der Waals surface area contributed by atoms with Crippen LogP contribution in [-0.2, 0) is 0 Å². The minimum atomic E-state index is -0.901. The molecule has 2 aromatic heterocycles. The van der Waals surface area contributed by atoms with Crippen molar-refractivity contribution < 1.29 is 14.2 Å². The van der Waals surface area contributed by atoms with Gasteiger partial charge in [0.2, 0.25) is 0 Å². The largest absolute Gasteiger partial charge is 0.467 e. The molecule has 2 aliphatic rings. The van der Waals surface area contributed by atoms with E-state index in [0.29, 0.717) is 25.2 Å². The molecule has 5 rings (SSSR count). The average Bonchev–Trinajstić information content (AvgIpc) is 3.13. The summed E-state index contributed by atoms with van der Waals surface area (Å²) in [5.41, 5.74) is 3.85. The SMILES string of the molecule is COc1nc(C2CC(O)C2)cc(-n2ncc3cc(C)c(C4CCNCC4F)cc32)n1.Cl. The molecule has 2 fully saturated rings. The number of aromatic nitrogens is 4. The fourth-order valence-electron chi connectivity index (χ4n) is 4.63. The lowest BCUT2D eigenvalue weighted by atomic mass is 9.80. The molecular formula is C22H27ClFN5O2. The summed E-state index contributed by atoms with van der Waals surface area (Å²) in [5, 5.41) is 18.3. The molecule has 2 N–H and O–H groups in total. The Morgan fingerprint density at radius 2 is 2.03 bits per heavy atom. The van der Waals surface area contributed by atoms with E-state index in [2.05, 4.69) is 32.5 Å². The molecule has 2 unspecified atom stereocenters. The molecule has 7 nitrogen and oxygen atoms in total. The number of alkyl halides is 1. The van der Waals surface area contributed by atoms with Gasteiger partial charge < -0.3 is 15.2 Å². The van der Waals surface area contributed by atoms with E-state index < -0.39 is 6.17 Å². The zero-order valence-electron chi connectivity index (χ0n) is 17.6. The van der Waals surface area contributed by atoms with Crippen LogP contribution in [0.5, 0.6) is 6.01 Å². The van der Waals surface area contributed by atoms with Gasteiger partial charge in [-0.2, -0.15) is 15.1 Å². The van der Waals surface area contributed by atoms with Gasteiger partial charge in [-0.1, -0.05) is 0 Å². The van der Waals surface area contributed by atoms with E-state index in [1.807, 2.05) is 19.2 Å². The smallest absolute Gasteiger partial charge is 0.318 e. The summed E-state index contributed by atoms with van der Waals surface area (Å²) < 4.78 is 21.7. The number of piperidine rings is 1. The lowest BCUT2D eigenvalue weighted by Gasteiger charge is -2.31. The van der Waals surface area contributed by atoms with E-state index in [1.165, 1.54) is 0 Å². The number of aliphatic hydroxyl groups is 1. The number of ether oxygens (including phenoxy) is 1. The number of nitrogens with zero attached hydrogens (tertiary/aromatic N) is 4. The highest BCUT2D eigenvalue weighted by atomic mass is 35.5. The van der Waals surface area contributed by atoms with E-state index in [9.17, 15) is 9.50 Å². The van der Waals surface area contributed by atoms with Gasteiger partial charge in [-0.15, -0.1) is 12.4 Å². The quantitative estimate of drug-likeness (QED) is 0.638. The normalized spacial score (nSPS) is 25.7. The van der Waals surface area contributed by atoms with E-state index in [4.69, 9.17) is 4.74 Å². The Labute approximate surface area is 186 Å². The van der Waals surface area contributed by atoms with Crippen LogP contribution in [0.1, 0.15) is 47.9 Å². The number of benzene rings is 1. The molecule has 1 aromatic carbocycles. The predicted octanol–water partition coefficient (Wildman–Crippen LogP) is 3.21. The van der Waals surface area contributed by atoms with E-state index in [-0.39, 0.29) is 36.4 Å². The summed E-state index contributed by atoms with van der Waals surface area (Å²) >= 11 is 0. The lowest BCUT2D eigenvalue weighted by molar-refractivity contribution is 0.0729.